The number of aromatic nitrogens is 2. The Balaban J connectivity index is 1.90. The molecule has 1 aromatic heterocycles. The summed E-state index contributed by atoms with van der Waals surface area (Å²) >= 11 is 0. The molecule has 1 aromatic rings. The summed E-state index contributed by atoms with van der Waals surface area (Å²) in [6.07, 6.45) is 2.32. The summed E-state index contributed by atoms with van der Waals surface area (Å²) in [5.74, 6) is 1.55. The largest absolute Gasteiger partial charge is 0.343 e. The van der Waals surface area contributed by atoms with Crippen molar-refractivity contribution in [1.82, 2.24) is 15.5 Å². The van der Waals surface area contributed by atoms with Gasteiger partial charge in [-0.1, -0.05) is 5.16 Å². The molecule has 1 saturated heterocycles. The molecule has 54 valence electrons. The zero-order valence-corrected chi connectivity index (χ0v) is 5.58. The molecule has 0 spiro atoms. The molecule has 1 aliphatic heterocycles. The standard InChI is InChI=1S/C6H9N3O/c1(5-2-7-3-5)6-8-4-10-9-6/h4-5,7H,1-3H2. The topological polar surface area (TPSA) is 51.0 Å². The van der Waals surface area contributed by atoms with Gasteiger partial charge in [-0.3, -0.25) is 0 Å². The zero-order chi connectivity index (χ0) is 6.81. The lowest BCUT2D eigenvalue weighted by atomic mass is 9.99. The molecule has 0 aromatic carbocycles. The lowest BCUT2D eigenvalue weighted by molar-refractivity contribution is 0.332. The van der Waals surface area contributed by atoms with Gasteiger partial charge in [-0.15, -0.1) is 0 Å². The maximum atomic E-state index is 4.60. The SMILES string of the molecule is c1nc(CC2CNC2)no1. The van der Waals surface area contributed by atoms with Gasteiger partial charge in [0.15, 0.2) is 5.82 Å². The monoisotopic (exact) mass is 139 g/mol. The van der Waals surface area contributed by atoms with Crippen LogP contribution < -0.4 is 5.32 Å². The van der Waals surface area contributed by atoms with E-state index in [0.717, 1.165) is 31.3 Å². The van der Waals surface area contributed by atoms with Gasteiger partial charge in [-0.2, -0.15) is 4.98 Å². The van der Waals surface area contributed by atoms with Crippen molar-refractivity contribution in [2.75, 3.05) is 13.1 Å². The molecule has 0 amide bonds. The van der Waals surface area contributed by atoms with Crippen LogP contribution in [-0.4, -0.2) is 23.2 Å². The van der Waals surface area contributed by atoms with Crippen LogP contribution in [0.15, 0.2) is 10.9 Å². The highest BCUT2D eigenvalue weighted by molar-refractivity contribution is 4.87. The molecule has 2 heterocycles. The van der Waals surface area contributed by atoms with Crippen molar-refractivity contribution in [3.8, 4) is 0 Å². The van der Waals surface area contributed by atoms with E-state index in [2.05, 4.69) is 20.0 Å². The molecule has 1 aliphatic rings. The van der Waals surface area contributed by atoms with E-state index in [-0.39, 0.29) is 0 Å². The lowest BCUT2D eigenvalue weighted by Gasteiger charge is -2.25. The maximum Gasteiger partial charge on any atom is 0.213 e. The molecule has 0 radical (unpaired) electrons. The third-order valence-electron chi connectivity index (χ3n) is 1.74. The second-order valence-electron chi connectivity index (χ2n) is 2.58. The van der Waals surface area contributed by atoms with Gasteiger partial charge in [0.05, 0.1) is 0 Å². The molecule has 1 N–H and O–H groups in total. The van der Waals surface area contributed by atoms with Crippen molar-refractivity contribution in [3.05, 3.63) is 12.2 Å². The van der Waals surface area contributed by atoms with Crippen molar-refractivity contribution in [1.29, 1.82) is 0 Å². The van der Waals surface area contributed by atoms with Gasteiger partial charge in [0.25, 0.3) is 0 Å². The van der Waals surface area contributed by atoms with Gasteiger partial charge in [-0.25, -0.2) is 0 Å². The van der Waals surface area contributed by atoms with Crippen molar-refractivity contribution in [3.63, 3.8) is 0 Å². The van der Waals surface area contributed by atoms with Crippen LogP contribution in [-0.2, 0) is 6.42 Å². The first kappa shape index (κ1) is 5.85. The fourth-order valence-electron chi connectivity index (χ4n) is 1.03. The van der Waals surface area contributed by atoms with E-state index < -0.39 is 0 Å². The Labute approximate surface area is 58.6 Å². The predicted molar refractivity (Wildman–Crippen MR) is 34.4 cm³/mol. The first-order valence-electron chi connectivity index (χ1n) is 3.41. The van der Waals surface area contributed by atoms with Crippen LogP contribution in [0.5, 0.6) is 0 Å². The minimum Gasteiger partial charge on any atom is -0.343 e. The van der Waals surface area contributed by atoms with Gasteiger partial charge in [0.1, 0.15) is 0 Å². The maximum absolute atomic E-state index is 4.60. The summed E-state index contributed by atoms with van der Waals surface area (Å²) < 4.78 is 4.60. The van der Waals surface area contributed by atoms with Crippen LogP contribution in [0.1, 0.15) is 5.82 Å². The minimum atomic E-state index is 0.720. The molecule has 0 unspecified atom stereocenters. The van der Waals surface area contributed by atoms with Gasteiger partial charge in [0, 0.05) is 6.42 Å². The Morgan fingerprint density at radius 1 is 1.70 bits per heavy atom. The molecule has 4 heteroatoms. The van der Waals surface area contributed by atoms with Crippen LogP contribution >= 0.6 is 0 Å². The lowest BCUT2D eigenvalue weighted by Crippen LogP contribution is -2.43. The van der Waals surface area contributed by atoms with Gasteiger partial charge >= 0.3 is 0 Å². The number of hydrogen-bond acceptors (Lipinski definition) is 4. The summed E-state index contributed by atoms with van der Waals surface area (Å²) in [5, 5.41) is 6.91. The highest BCUT2D eigenvalue weighted by Crippen LogP contribution is 2.07. The fourth-order valence-corrected chi connectivity index (χ4v) is 1.03. The zero-order valence-electron chi connectivity index (χ0n) is 5.58. The predicted octanol–water partition coefficient (Wildman–Crippen LogP) is -0.169. The first-order chi connectivity index (χ1) is 4.95. The highest BCUT2D eigenvalue weighted by atomic mass is 16.5. The molecular formula is C6H9N3O. The van der Waals surface area contributed by atoms with E-state index in [4.69, 9.17) is 0 Å². The van der Waals surface area contributed by atoms with E-state index in [1.165, 1.54) is 6.39 Å². The second-order valence-corrected chi connectivity index (χ2v) is 2.58. The Bertz CT molecular complexity index is 193. The molecule has 0 bridgehead atoms. The van der Waals surface area contributed by atoms with Crippen LogP contribution in [0.3, 0.4) is 0 Å². The molecule has 2 rings (SSSR count). The third-order valence-corrected chi connectivity index (χ3v) is 1.74. The number of hydrogen-bond donors (Lipinski definition) is 1. The molecule has 0 saturated carbocycles. The van der Waals surface area contributed by atoms with Crippen molar-refractivity contribution < 1.29 is 4.52 Å². The first-order valence-corrected chi connectivity index (χ1v) is 3.41. The fraction of sp³-hybridized carbons (Fsp3) is 0.667. The van der Waals surface area contributed by atoms with Crippen molar-refractivity contribution >= 4 is 0 Å². The average Bonchev–Trinajstić information content (AvgIpc) is 2.29. The van der Waals surface area contributed by atoms with Crippen LogP contribution in [0, 0.1) is 5.92 Å². The van der Waals surface area contributed by atoms with E-state index >= 15 is 0 Å². The Morgan fingerprint density at radius 3 is 3.10 bits per heavy atom. The normalized spacial score (nSPS) is 18.8. The summed E-state index contributed by atoms with van der Waals surface area (Å²) in [6, 6.07) is 0. The average molecular weight is 139 g/mol. The molecule has 0 aliphatic carbocycles. The summed E-state index contributed by atoms with van der Waals surface area (Å²) in [7, 11) is 0. The molecule has 4 nitrogen and oxygen atoms in total. The van der Waals surface area contributed by atoms with E-state index in [9.17, 15) is 0 Å². The van der Waals surface area contributed by atoms with Crippen molar-refractivity contribution in [2.45, 2.75) is 6.42 Å². The molecular weight excluding hydrogens is 130 g/mol. The Hall–Kier alpha value is -0.900. The third kappa shape index (κ3) is 1.02. The smallest absolute Gasteiger partial charge is 0.213 e. The van der Waals surface area contributed by atoms with Crippen molar-refractivity contribution in [2.24, 2.45) is 5.92 Å². The van der Waals surface area contributed by atoms with Gasteiger partial charge in [-0.05, 0) is 19.0 Å². The number of nitrogens with zero attached hydrogens (tertiary/aromatic N) is 2. The summed E-state index contributed by atoms with van der Waals surface area (Å²) in [6.45, 7) is 2.18. The van der Waals surface area contributed by atoms with Gasteiger partial charge in [0.2, 0.25) is 6.39 Å². The summed E-state index contributed by atoms with van der Waals surface area (Å²) in [5.41, 5.74) is 0. The molecule has 1 fully saturated rings. The highest BCUT2D eigenvalue weighted by Gasteiger charge is 2.18. The Morgan fingerprint density at radius 2 is 2.60 bits per heavy atom. The van der Waals surface area contributed by atoms with Gasteiger partial charge < -0.3 is 9.84 Å². The van der Waals surface area contributed by atoms with Crippen LogP contribution in [0.25, 0.3) is 0 Å². The van der Waals surface area contributed by atoms with E-state index in [1.54, 1.807) is 0 Å². The second kappa shape index (κ2) is 2.38. The number of rotatable bonds is 2. The Kier molecular flexibility index (Phi) is 1.39. The van der Waals surface area contributed by atoms with E-state index in [0.29, 0.717) is 0 Å². The van der Waals surface area contributed by atoms with E-state index in [1.807, 2.05) is 0 Å². The molecule has 0 atom stereocenters. The quantitative estimate of drug-likeness (QED) is 0.618. The number of nitrogens with one attached hydrogen (secondary N) is 1. The summed E-state index contributed by atoms with van der Waals surface area (Å²) in [4.78, 5) is 3.93. The minimum absolute atomic E-state index is 0.720. The molecule has 10 heavy (non-hydrogen) atoms. The van der Waals surface area contributed by atoms with Crippen LogP contribution in [0.2, 0.25) is 0 Å². The van der Waals surface area contributed by atoms with Crippen LogP contribution in [0.4, 0.5) is 0 Å².